The second kappa shape index (κ2) is 16.7. The molecule has 3 heterocycles. The van der Waals surface area contributed by atoms with Crippen molar-refractivity contribution in [2.45, 2.75) is 37.8 Å². The van der Waals surface area contributed by atoms with Crippen molar-refractivity contribution in [3.8, 4) is 11.5 Å². The zero-order valence-electron chi connectivity index (χ0n) is 27.5. The van der Waals surface area contributed by atoms with Gasteiger partial charge in [0.25, 0.3) is 0 Å². The van der Waals surface area contributed by atoms with Crippen LogP contribution in [0, 0.1) is 5.92 Å². The van der Waals surface area contributed by atoms with Gasteiger partial charge < -0.3 is 29.0 Å². The highest BCUT2D eigenvalue weighted by Crippen LogP contribution is 2.41. The van der Waals surface area contributed by atoms with Crippen LogP contribution in [0.5, 0.6) is 11.5 Å². The number of halogens is 2. The van der Waals surface area contributed by atoms with Crippen molar-refractivity contribution in [3.05, 3.63) is 109 Å². The van der Waals surface area contributed by atoms with Gasteiger partial charge in [0.05, 0.1) is 26.8 Å². The molecule has 2 atom stereocenters. The highest BCUT2D eigenvalue weighted by molar-refractivity contribution is 7.12. The summed E-state index contributed by atoms with van der Waals surface area (Å²) in [6.45, 7) is 2.48. The Bertz CT molecular complexity index is 1740. The number of pyridine rings is 1. The minimum atomic E-state index is -1.35. The Morgan fingerprint density at radius 1 is 1.02 bits per heavy atom. The number of thiophene rings is 1. The average Bonchev–Trinajstić information content (AvgIpc) is 3.52. The zero-order valence-corrected chi connectivity index (χ0v) is 29.8. The Morgan fingerprint density at radius 3 is 2.33 bits per heavy atom. The molecule has 5 rings (SSSR count). The molecule has 1 aliphatic rings. The number of hydrogen-bond donors (Lipinski definition) is 2. The molecule has 13 heteroatoms. The summed E-state index contributed by atoms with van der Waals surface area (Å²) >= 11 is 14.3. The molecule has 0 radical (unpaired) electrons. The van der Waals surface area contributed by atoms with Crippen LogP contribution in [0.1, 0.15) is 61.6 Å². The number of carboxylic acid groups (broad SMARTS) is 1. The summed E-state index contributed by atoms with van der Waals surface area (Å²) in [4.78, 5) is 29.5. The monoisotopic (exact) mass is 727 g/mol. The third kappa shape index (κ3) is 9.03. The van der Waals surface area contributed by atoms with Gasteiger partial charge in [0.15, 0.2) is 11.5 Å². The molecule has 0 aliphatic carbocycles. The van der Waals surface area contributed by atoms with Gasteiger partial charge in [-0.3, -0.25) is 10.5 Å². The summed E-state index contributed by atoms with van der Waals surface area (Å²) in [6, 6.07) is 15.5. The number of esters is 1. The first kappa shape index (κ1) is 36.4. The number of carbonyl (C=O) groups is 2. The summed E-state index contributed by atoms with van der Waals surface area (Å²) < 4.78 is 17.6. The van der Waals surface area contributed by atoms with Crippen LogP contribution in [0.2, 0.25) is 10.0 Å². The molecular formula is C36H39Cl2N3O7S. The maximum Gasteiger partial charge on any atom is 0.327 e. The Kier molecular flexibility index (Phi) is 12.4. The predicted octanol–water partition coefficient (Wildman–Crippen LogP) is 5.05. The molecular weight excluding hydrogens is 689 g/mol. The van der Waals surface area contributed by atoms with Crippen molar-refractivity contribution in [3.63, 3.8) is 0 Å². The molecule has 0 saturated carbocycles. The van der Waals surface area contributed by atoms with Gasteiger partial charge in [0.1, 0.15) is 16.1 Å². The molecule has 1 unspecified atom stereocenters. The number of aromatic nitrogens is 1. The van der Waals surface area contributed by atoms with E-state index in [2.05, 4.69) is 17.3 Å². The number of ether oxygens (including phenoxy) is 3. The molecule has 1 aliphatic heterocycles. The number of nitrogens with zero attached hydrogens (tertiary/aromatic N) is 2. The molecule has 2 aromatic heterocycles. The van der Waals surface area contributed by atoms with Crippen LogP contribution in [0.15, 0.2) is 67.0 Å². The fourth-order valence-electron chi connectivity index (χ4n) is 6.03. The van der Waals surface area contributed by atoms with E-state index in [4.69, 9.17) is 37.4 Å². The lowest BCUT2D eigenvalue weighted by atomic mass is 9.88. The molecule has 0 spiro atoms. The lowest BCUT2D eigenvalue weighted by molar-refractivity contribution is -0.904. The van der Waals surface area contributed by atoms with E-state index in [1.165, 1.54) is 38.0 Å². The highest BCUT2D eigenvalue weighted by Gasteiger charge is 2.28. The van der Waals surface area contributed by atoms with Crippen molar-refractivity contribution in [1.82, 2.24) is 10.2 Å². The van der Waals surface area contributed by atoms with E-state index in [1.54, 1.807) is 18.2 Å². The molecule has 1 fully saturated rings. The van der Waals surface area contributed by atoms with Gasteiger partial charge in [-0.2, -0.15) is 0 Å². The van der Waals surface area contributed by atoms with Crippen LogP contribution in [0.3, 0.4) is 0 Å². The predicted molar refractivity (Wildman–Crippen MR) is 185 cm³/mol. The van der Waals surface area contributed by atoms with E-state index in [0.717, 1.165) is 36.2 Å². The minimum absolute atomic E-state index is 0.00286. The Hall–Kier alpha value is -3.87. The van der Waals surface area contributed by atoms with Gasteiger partial charge in [0, 0.05) is 38.1 Å². The number of rotatable bonds is 14. The fraction of sp³-hybridized carbons (Fsp3) is 0.361. The number of benzene rings is 2. The summed E-state index contributed by atoms with van der Waals surface area (Å²) in [6.07, 6.45) is 4.76. The minimum Gasteiger partial charge on any atom is -0.545 e. The van der Waals surface area contributed by atoms with E-state index in [0.29, 0.717) is 44.9 Å². The van der Waals surface area contributed by atoms with E-state index in [9.17, 15) is 19.9 Å². The van der Waals surface area contributed by atoms with Gasteiger partial charge in [-0.05, 0) is 74.6 Å². The lowest BCUT2D eigenvalue weighted by Gasteiger charge is -2.29. The first-order valence-electron chi connectivity index (χ1n) is 15.9. The van der Waals surface area contributed by atoms with Crippen LogP contribution < -0.4 is 24.6 Å². The summed E-state index contributed by atoms with van der Waals surface area (Å²) in [5.74, 6) is -1.03. The summed E-state index contributed by atoms with van der Waals surface area (Å²) in [7, 11) is 5.14. The molecule has 10 nitrogen and oxygen atoms in total. The number of carbonyl (C=O) groups excluding carboxylic acids is 2. The zero-order chi connectivity index (χ0) is 35.1. The fourth-order valence-corrected chi connectivity index (χ4v) is 7.87. The van der Waals surface area contributed by atoms with Gasteiger partial charge in [-0.25, -0.2) is 4.79 Å². The quantitative estimate of drug-likeness (QED) is 0.104. The number of likely N-dealkylation sites (tertiary alicyclic amines) is 1. The molecule has 2 N–H and O–H groups in total. The Morgan fingerprint density at radius 2 is 1.69 bits per heavy atom. The maximum absolute atomic E-state index is 13.5. The second-order valence-corrected chi connectivity index (χ2v) is 14.0. The van der Waals surface area contributed by atoms with Gasteiger partial charge in [-0.1, -0.05) is 59.6 Å². The van der Waals surface area contributed by atoms with Gasteiger partial charge in [0.2, 0.25) is 12.4 Å². The Labute approximate surface area is 299 Å². The largest absolute Gasteiger partial charge is 0.545 e. The first-order valence-corrected chi connectivity index (χ1v) is 17.4. The van der Waals surface area contributed by atoms with Crippen molar-refractivity contribution >= 4 is 46.5 Å². The SMILES string of the molecule is COc1ccc([C@H](Cc2c(Cl)c[n+](O)cc2Cl)c2sc(CNC(C(=O)OCC3CCN(C)CC3)c3ccccc3)cc2C(=O)[O-])cc1OC. The normalized spacial score (nSPS) is 15.0. The summed E-state index contributed by atoms with van der Waals surface area (Å²) in [5.41, 5.74) is 1.98. The lowest BCUT2D eigenvalue weighted by Crippen LogP contribution is -2.34. The molecule has 0 amide bonds. The number of piperidine rings is 1. The number of carboxylic acids is 1. The molecule has 1 saturated heterocycles. The third-order valence-electron chi connectivity index (χ3n) is 8.78. The van der Waals surface area contributed by atoms with E-state index in [1.807, 2.05) is 36.4 Å². The highest BCUT2D eigenvalue weighted by atomic mass is 35.5. The van der Waals surface area contributed by atoms with Gasteiger partial charge in [-0.15, -0.1) is 11.3 Å². The van der Waals surface area contributed by atoms with E-state index >= 15 is 0 Å². The maximum atomic E-state index is 13.5. The number of nitrogens with one attached hydrogen (secondary N) is 1. The van der Waals surface area contributed by atoms with Crippen molar-refractivity contribution in [1.29, 1.82) is 0 Å². The number of aromatic carboxylic acids is 1. The third-order valence-corrected chi connectivity index (χ3v) is 10.7. The second-order valence-electron chi connectivity index (χ2n) is 12.1. The average molecular weight is 729 g/mol. The summed E-state index contributed by atoms with van der Waals surface area (Å²) in [5, 5.41) is 26.3. The number of hydrogen-bond acceptors (Lipinski definition) is 10. The van der Waals surface area contributed by atoms with Crippen LogP contribution in [-0.4, -0.2) is 63.0 Å². The van der Waals surface area contributed by atoms with Crippen LogP contribution in [-0.2, 0) is 22.5 Å². The van der Waals surface area contributed by atoms with Crippen LogP contribution in [0.25, 0.3) is 0 Å². The molecule has 4 aromatic rings. The number of methoxy groups -OCH3 is 2. The van der Waals surface area contributed by atoms with E-state index < -0.39 is 17.9 Å². The van der Waals surface area contributed by atoms with Crippen molar-refractivity contribution < 1.29 is 38.8 Å². The smallest absolute Gasteiger partial charge is 0.327 e. The Balaban J connectivity index is 1.46. The molecule has 260 valence electrons. The first-order chi connectivity index (χ1) is 23.6. The topological polar surface area (TPSA) is 124 Å². The van der Waals surface area contributed by atoms with Crippen LogP contribution in [0.4, 0.5) is 0 Å². The molecule has 0 bridgehead atoms. The molecule has 2 aromatic carbocycles. The molecule has 49 heavy (non-hydrogen) atoms. The van der Waals surface area contributed by atoms with Crippen molar-refractivity contribution in [2.75, 3.05) is 41.0 Å². The standard InChI is InChI=1S/C36H39Cl2N3O7S/c1-40-13-11-22(12-14-40)21-48-36(44)33(23-7-5-4-6-8-23)39-18-25-16-28(35(42)43)34(49-25)26(17-27-29(37)19-41(45)20-30(27)38)24-9-10-31(46-2)32(15-24)47-3/h4-10,15-16,19-20,22,26,33,39H,11-14,17-18,21H2,1-3H3,(H-,42,43,45)/t26-,33?/m0/s1. The van der Waals surface area contributed by atoms with Crippen LogP contribution >= 0.6 is 34.5 Å². The van der Waals surface area contributed by atoms with Crippen molar-refractivity contribution in [2.24, 2.45) is 5.92 Å². The van der Waals surface area contributed by atoms with Gasteiger partial charge >= 0.3 is 5.97 Å². The van der Waals surface area contributed by atoms with E-state index in [-0.39, 0.29) is 34.5 Å².